The molecule has 0 bridgehead atoms. The molecular weight excluding hydrogens is 252 g/mol. The van der Waals surface area contributed by atoms with Gasteiger partial charge in [0.2, 0.25) is 5.91 Å². The summed E-state index contributed by atoms with van der Waals surface area (Å²) in [4.78, 5) is 12.1. The molecule has 3 unspecified atom stereocenters. The molecule has 110 valence electrons. The number of methoxy groups -OCH3 is 1. The molecule has 0 aromatic heterocycles. The van der Waals surface area contributed by atoms with Crippen LogP contribution >= 0.6 is 0 Å². The van der Waals surface area contributed by atoms with Crippen LogP contribution in [0.1, 0.15) is 38.2 Å². The standard InChI is InChI=1S/C16H24N2O2/c1-4-11(2)12-5-7-13(8-6-12)18-16(19)15-9-14(20-3)10-17-15/h5-8,11,14-15,17H,4,9-10H2,1-3H3,(H,18,19). The average molecular weight is 276 g/mol. The molecule has 1 amide bonds. The summed E-state index contributed by atoms with van der Waals surface area (Å²) in [7, 11) is 1.68. The van der Waals surface area contributed by atoms with E-state index in [1.54, 1.807) is 7.11 Å². The van der Waals surface area contributed by atoms with Gasteiger partial charge in [0, 0.05) is 19.3 Å². The molecule has 0 saturated carbocycles. The van der Waals surface area contributed by atoms with E-state index in [-0.39, 0.29) is 18.1 Å². The molecule has 20 heavy (non-hydrogen) atoms. The molecule has 2 rings (SSSR count). The molecular formula is C16H24N2O2. The second-order valence-corrected chi connectivity index (χ2v) is 5.47. The Morgan fingerprint density at radius 1 is 1.45 bits per heavy atom. The van der Waals surface area contributed by atoms with Crippen molar-refractivity contribution in [2.24, 2.45) is 0 Å². The van der Waals surface area contributed by atoms with Gasteiger partial charge in [0.15, 0.2) is 0 Å². The van der Waals surface area contributed by atoms with Gasteiger partial charge >= 0.3 is 0 Å². The summed E-state index contributed by atoms with van der Waals surface area (Å²) in [6.07, 6.45) is 1.99. The maximum Gasteiger partial charge on any atom is 0.241 e. The van der Waals surface area contributed by atoms with E-state index >= 15 is 0 Å². The van der Waals surface area contributed by atoms with E-state index in [0.29, 0.717) is 5.92 Å². The third-order valence-corrected chi connectivity index (χ3v) is 4.10. The van der Waals surface area contributed by atoms with Crippen LogP contribution in [-0.2, 0) is 9.53 Å². The van der Waals surface area contributed by atoms with Crippen LogP contribution in [-0.4, -0.2) is 31.7 Å². The van der Waals surface area contributed by atoms with E-state index in [9.17, 15) is 4.79 Å². The molecule has 4 nitrogen and oxygen atoms in total. The van der Waals surface area contributed by atoms with Gasteiger partial charge in [-0.05, 0) is 36.5 Å². The number of hydrogen-bond acceptors (Lipinski definition) is 3. The van der Waals surface area contributed by atoms with Gasteiger partial charge in [-0.15, -0.1) is 0 Å². The number of ether oxygens (including phenoxy) is 1. The lowest BCUT2D eigenvalue weighted by atomic mass is 9.98. The fourth-order valence-corrected chi connectivity index (χ4v) is 2.44. The third-order valence-electron chi connectivity index (χ3n) is 4.10. The zero-order valence-corrected chi connectivity index (χ0v) is 12.5. The summed E-state index contributed by atoms with van der Waals surface area (Å²) in [5, 5.41) is 6.13. The van der Waals surface area contributed by atoms with Crippen molar-refractivity contribution in [3.05, 3.63) is 29.8 Å². The molecule has 1 heterocycles. The monoisotopic (exact) mass is 276 g/mol. The highest BCUT2D eigenvalue weighted by molar-refractivity contribution is 5.95. The predicted molar refractivity (Wildman–Crippen MR) is 81.0 cm³/mol. The molecule has 0 aliphatic carbocycles. The van der Waals surface area contributed by atoms with Gasteiger partial charge in [-0.25, -0.2) is 0 Å². The van der Waals surface area contributed by atoms with Gasteiger partial charge in [-0.3, -0.25) is 4.79 Å². The van der Waals surface area contributed by atoms with Crippen molar-refractivity contribution < 1.29 is 9.53 Å². The molecule has 0 spiro atoms. The minimum atomic E-state index is -0.158. The maximum atomic E-state index is 12.1. The summed E-state index contributed by atoms with van der Waals surface area (Å²) in [5.74, 6) is 0.569. The van der Waals surface area contributed by atoms with Crippen molar-refractivity contribution in [1.29, 1.82) is 0 Å². The summed E-state index contributed by atoms with van der Waals surface area (Å²) < 4.78 is 5.25. The lowest BCUT2D eigenvalue weighted by Crippen LogP contribution is -2.35. The number of carbonyl (C=O) groups is 1. The number of anilines is 1. The van der Waals surface area contributed by atoms with Gasteiger partial charge in [0.25, 0.3) is 0 Å². The summed E-state index contributed by atoms with van der Waals surface area (Å²) in [6, 6.07) is 7.96. The molecule has 1 aliphatic rings. The predicted octanol–water partition coefficient (Wildman–Crippen LogP) is 2.52. The lowest BCUT2D eigenvalue weighted by Gasteiger charge is -2.13. The van der Waals surface area contributed by atoms with Crippen LogP contribution in [0.4, 0.5) is 5.69 Å². The van der Waals surface area contributed by atoms with Crippen LogP contribution in [0, 0.1) is 0 Å². The van der Waals surface area contributed by atoms with Crippen molar-refractivity contribution in [3.8, 4) is 0 Å². The second kappa shape index (κ2) is 6.86. The fourth-order valence-electron chi connectivity index (χ4n) is 2.44. The zero-order valence-electron chi connectivity index (χ0n) is 12.5. The van der Waals surface area contributed by atoms with Gasteiger partial charge in [0.1, 0.15) is 0 Å². The van der Waals surface area contributed by atoms with E-state index < -0.39 is 0 Å². The van der Waals surface area contributed by atoms with Gasteiger partial charge in [-0.2, -0.15) is 0 Å². The minimum Gasteiger partial charge on any atom is -0.380 e. The molecule has 1 aromatic carbocycles. The Morgan fingerprint density at radius 2 is 2.15 bits per heavy atom. The first-order valence-corrected chi connectivity index (χ1v) is 7.31. The highest BCUT2D eigenvalue weighted by atomic mass is 16.5. The highest BCUT2D eigenvalue weighted by Gasteiger charge is 2.29. The van der Waals surface area contributed by atoms with Crippen molar-refractivity contribution in [2.45, 2.75) is 44.8 Å². The van der Waals surface area contributed by atoms with Gasteiger partial charge in [-0.1, -0.05) is 26.0 Å². The van der Waals surface area contributed by atoms with Crippen molar-refractivity contribution >= 4 is 11.6 Å². The van der Waals surface area contributed by atoms with E-state index in [4.69, 9.17) is 4.74 Å². The number of amides is 1. The van der Waals surface area contributed by atoms with Crippen LogP contribution in [0.25, 0.3) is 0 Å². The number of rotatable bonds is 5. The Bertz CT molecular complexity index is 444. The van der Waals surface area contributed by atoms with Crippen molar-refractivity contribution in [2.75, 3.05) is 19.0 Å². The zero-order chi connectivity index (χ0) is 14.5. The third kappa shape index (κ3) is 3.58. The first-order chi connectivity index (χ1) is 9.63. The van der Waals surface area contributed by atoms with Crippen LogP contribution in [0.2, 0.25) is 0 Å². The Labute approximate surface area is 120 Å². The molecule has 3 atom stereocenters. The molecule has 2 N–H and O–H groups in total. The molecule has 1 saturated heterocycles. The quantitative estimate of drug-likeness (QED) is 0.869. The topological polar surface area (TPSA) is 50.4 Å². The molecule has 1 fully saturated rings. The van der Waals surface area contributed by atoms with Crippen LogP contribution in [0.5, 0.6) is 0 Å². The largest absolute Gasteiger partial charge is 0.380 e. The molecule has 1 aliphatic heterocycles. The van der Waals surface area contributed by atoms with Crippen LogP contribution in [0.15, 0.2) is 24.3 Å². The lowest BCUT2D eigenvalue weighted by molar-refractivity contribution is -0.118. The minimum absolute atomic E-state index is 0.0147. The summed E-state index contributed by atoms with van der Waals surface area (Å²) >= 11 is 0. The summed E-state index contributed by atoms with van der Waals surface area (Å²) in [6.45, 7) is 5.13. The Morgan fingerprint density at radius 3 is 2.70 bits per heavy atom. The molecule has 4 heteroatoms. The second-order valence-electron chi connectivity index (χ2n) is 5.47. The highest BCUT2D eigenvalue weighted by Crippen LogP contribution is 2.21. The van der Waals surface area contributed by atoms with E-state index in [1.165, 1.54) is 5.56 Å². The summed E-state index contributed by atoms with van der Waals surface area (Å²) in [5.41, 5.74) is 2.16. The Kier molecular flexibility index (Phi) is 5.15. The number of benzene rings is 1. The van der Waals surface area contributed by atoms with Gasteiger partial charge < -0.3 is 15.4 Å². The number of carbonyl (C=O) groups excluding carboxylic acids is 1. The maximum absolute atomic E-state index is 12.1. The van der Waals surface area contributed by atoms with Crippen LogP contribution in [0.3, 0.4) is 0 Å². The SMILES string of the molecule is CCC(C)c1ccc(NC(=O)C2CC(OC)CN2)cc1. The molecule has 0 radical (unpaired) electrons. The van der Waals surface area contributed by atoms with E-state index in [0.717, 1.165) is 25.1 Å². The fraction of sp³-hybridized carbons (Fsp3) is 0.562. The Hall–Kier alpha value is -1.39. The number of nitrogens with one attached hydrogen (secondary N) is 2. The first-order valence-electron chi connectivity index (χ1n) is 7.31. The Balaban J connectivity index is 1.91. The van der Waals surface area contributed by atoms with Crippen molar-refractivity contribution in [1.82, 2.24) is 5.32 Å². The van der Waals surface area contributed by atoms with Crippen LogP contribution < -0.4 is 10.6 Å². The van der Waals surface area contributed by atoms with E-state index in [1.807, 2.05) is 12.1 Å². The normalized spacial score (nSPS) is 23.6. The average Bonchev–Trinajstić information content (AvgIpc) is 2.96. The smallest absolute Gasteiger partial charge is 0.241 e. The van der Waals surface area contributed by atoms with Gasteiger partial charge in [0.05, 0.1) is 12.1 Å². The van der Waals surface area contributed by atoms with Crippen molar-refractivity contribution in [3.63, 3.8) is 0 Å². The number of hydrogen-bond donors (Lipinski definition) is 2. The first kappa shape index (κ1) is 15.0. The van der Waals surface area contributed by atoms with E-state index in [2.05, 4.69) is 36.6 Å². The molecule has 1 aromatic rings.